The largest absolute Gasteiger partial charge is 0.465 e. The third kappa shape index (κ3) is 1.85. The van der Waals surface area contributed by atoms with Crippen LogP contribution in [0.2, 0.25) is 0 Å². The molecule has 4 heteroatoms. The Kier molecular flexibility index (Phi) is 2.90. The van der Waals surface area contributed by atoms with Gasteiger partial charge in [0, 0.05) is 12.0 Å². The summed E-state index contributed by atoms with van der Waals surface area (Å²) in [6.45, 7) is 10.4. The minimum atomic E-state index is -1.07. The zero-order chi connectivity index (χ0) is 12.7. The molecule has 4 nitrogen and oxygen atoms in total. The van der Waals surface area contributed by atoms with Gasteiger partial charge < -0.3 is 5.11 Å². The molecule has 1 saturated heterocycles. The Balaban J connectivity index is 3.22. The minimum absolute atomic E-state index is 0.0458. The molecule has 1 unspecified atom stereocenters. The normalized spacial score (nSPS) is 24.4. The molecule has 0 aromatic heterocycles. The van der Waals surface area contributed by atoms with Gasteiger partial charge in [-0.2, -0.15) is 0 Å². The van der Waals surface area contributed by atoms with E-state index in [1.165, 1.54) is 0 Å². The molecule has 1 atom stereocenters. The van der Waals surface area contributed by atoms with Gasteiger partial charge in [-0.1, -0.05) is 34.6 Å². The van der Waals surface area contributed by atoms with E-state index in [1.54, 1.807) is 5.94 Å². The summed E-state index contributed by atoms with van der Waals surface area (Å²) in [6, 6.07) is 0. The summed E-state index contributed by atoms with van der Waals surface area (Å²) in [5, 5.41) is 9.06. The van der Waals surface area contributed by atoms with Crippen LogP contribution in [0.4, 0.5) is 4.79 Å². The number of likely N-dealkylation sites (tertiary alicyclic amines) is 1. The molecule has 0 spiro atoms. The van der Waals surface area contributed by atoms with E-state index in [1.807, 2.05) is 13.8 Å². The van der Waals surface area contributed by atoms with Crippen LogP contribution < -0.4 is 0 Å². The highest BCUT2D eigenvalue weighted by Gasteiger charge is 2.51. The summed E-state index contributed by atoms with van der Waals surface area (Å²) in [5.41, 5.74) is -0.242. The summed E-state index contributed by atoms with van der Waals surface area (Å²) in [4.78, 5) is 23.1. The SMILES string of the molecule is CC(C)(C)C1CN(C(=O)O)C(=C=O)C1(C)C. The van der Waals surface area contributed by atoms with E-state index >= 15 is 0 Å². The van der Waals surface area contributed by atoms with Gasteiger partial charge in [0.05, 0.1) is 0 Å². The van der Waals surface area contributed by atoms with Crippen molar-refractivity contribution in [1.29, 1.82) is 0 Å². The van der Waals surface area contributed by atoms with Gasteiger partial charge >= 0.3 is 6.09 Å². The van der Waals surface area contributed by atoms with Crippen molar-refractivity contribution in [3.63, 3.8) is 0 Å². The van der Waals surface area contributed by atoms with E-state index in [9.17, 15) is 9.59 Å². The van der Waals surface area contributed by atoms with Crippen LogP contribution in [-0.2, 0) is 4.79 Å². The predicted octanol–water partition coefficient (Wildman–Crippen LogP) is 2.38. The average Bonchev–Trinajstić information content (AvgIpc) is 2.35. The number of nitrogens with zero attached hydrogens (tertiary/aromatic N) is 1. The first kappa shape index (κ1) is 12.8. The Morgan fingerprint density at radius 1 is 1.50 bits per heavy atom. The van der Waals surface area contributed by atoms with E-state index < -0.39 is 11.5 Å². The molecule has 1 fully saturated rings. The van der Waals surface area contributed by atoms with Gasteiger partial charge in [0.1, 0.15) is 11.6 Å². The number of allylic oxidation sites excluding steroid dienone is 1. The molecule has 90 valence electrons. The highest BCUT2D eigenvalue weighted by atomic mass is 16.4. The number of hydrogen-bond acceptors (Lipinski definition) is 2. The lowest BCUT2D eigenvalue weighted by atomic mass is 9.67. The molecule has 1 heterocycles. The maximum atomic E-state index is 11.1. The molecule has 1 N–H and O–H groups in total. The zero-order valence-corrected chi connectivity index (χ0v) is 10.5. The van der Waals surface area contributed by atoms with Crippen molar-refractivity contribution in [2.45, 2.75) is 34.6 Å². The molecule has 0 radical (unpaired) electrons. The van der Waals surface area contributed by atoms with E-state index in [2.05, 4.69) is 20.8 Å². The Labute approximate surface area is 95.9 Å². The molecular weight excluding hydrogens is 206 g/mol. The summed E-state index contributed by atoms with van der Waals surface area (Å²) in [5.74, 6) is 1.92. The van der Waals surface area contributed by atoms with Gasteiger partial charge in [-0.25, -0.2) is 9.59 Å². The van der Waals surface area contributed by atoms with Gasteiger partial charge in [0.25, 0.3) is 0 Å². The fourth-order valence-corrected chi connectivity index (χ4v) is 2.73. The summed E-state index contributed by atoms with van der Waals surface area (Å²) in [6.07, 6.45) is -1.07. The first-order valence-corrected chi connectivity index (χ1v) is 5.38. The van der Waals surface area contributed by atoms with Crippen LogP contribution in [0.3, 0.4) is 0 Å². The fourth-order valence-electron chi connectivity index (χ4n) is 2.73. The van der Waals surface area contributed by atoms with E-state index in [-0.39, 0.29) is 17.0 Å². The monoisotopic (exact) mass is 225 g/mol. The fraction of sp³-hybridized carbons (Fsp3) is 0.750. The van der Waals surface area contributed by atoms with Gasteiger partial charge in [-0.15, -0.1) is 0 Å². The second kappa shape index (κ2) is 3.63. The Hall–Kier alpha value is -1.28. The lowest BCUT2D eigenvalue weighted by Gasteiger charge is -2.35. The molecule has 0 bridgehead atoms. The lowest BCUT2D eigenvalue weighted by molar-refractivity contribution is 0.141. The second-order valence-corrected chi connectivity index (χ2v) is 5.98. The number of amides is 1. The smallest absolute Gasteiger partial charge is 0.412 e. The quantitative estimate of drug-likeness (QED) is 0.644. The van der Waals surface area contributed by atoms with Gasteiger partial charge in [0.2, 0.25) is 0 Å². The van der Waals surface area contributed by atoms with E-state index in [4.69, 9.17) is 5.11 Å². The highest BCUT2D eigenvalue weighted by molar-refractivity contribution is 5.73. The third-order valence-corrected chi connectivity index (χ3v) is 3.49. The average molecular weight is 225 g/mol. The van der Waals surface area contributed by atoms with Crippen molar-refractivity contribution in [2.24, 2.45) is 16.7 Å². The van der Waals surface area contributed by atoms with Crippen LogP contribution in [0, 0.1) is 16.7 Å². The number of rotatable bonds is 0. The van der Waals surface area contributed by atoms with Crippen molar-refractivity contribution in [2.75, 3.05) is 6.54 Å². The first-order valence-electron chi connectivity index (χ1n) is 5.38. The summed E-state index contributed by atoms with van der Waals surface area (Å²) in [7, 11) is 0. The predicted molar refractivity (Wildman–Crippen MR) is 60.7 cm³/mol. The number of carbonyl (C=O) groups is 1. The van der Waals surface area contributed by atoms with E-state index in [0.717, 1.165) is 4.90 Å². The number of carbonyl (C=O) groups excluding carboxylic acids is 1. The topological polar surface area (TPSA) is 57.6 Å². The molecule has 1 amide bonds. The Bertz CT molecular complexity index is 359. The highest BCUT2D eigenvalue weighted by Crippen LogP contribution is 2.50. The second-order valence-electron chi connectivity index (χ2n) is 5.98. The zero-order valence-electron chi connectivity index (χ0n) is 10.5. The van der Waals surface area contributed by atoms with Crippen LogP contribution >= 0.6 is 0 Å². The number of hydrogen-bond donors (Lipinski definition) is 1. The van der Waals surface area contributed by atoms with Crippen LogP contribution in [-0.4, -0.2) is 28.6 Å². The van der Waals surface area contributed by atoms with Crippen LogP contribution in [0.5, 0.6) is 0 Å². The Morgan fingerprint density at radius 3 is 2.25 bits per heavy atom. The summed E-state index contributed by atoms with van der Waals surface area (Å²) >= 11 is 0. The molecule has 1 aliphatic heterocycles. The van der Waals surface area contributed by atoms with E-state index in [0.29, 0.717) is 6.54 Å². The maximum Gasteiger partial charge on any atom is 0.412 e. The summed E-state index contributed by atoms with van der Waals surface area (Å²) < 4.78 is 0. The molecule has 0 aromatic rings. The molecule has 0 aromatic carbocycles. The van der Waals surface area contributed by atoms with Crippen molar-refractivity contribution in [1.82, 2.24) is 4.90 Å². The van der Waals surface area contributed by atoms with Crippen LogP contribution in [0.25, 0.3) is 0 Å². The number of carboxylic acid groups (broad SMARTS) is 1. The lowest BCUT2D eigenvalue weighted by Crippen LogP contribution is -2.32. The van der Waals surface area contributed by atoms with Crippen molar-refractivity contribution in [3.8, 4) is 0 Å². The van der Waals surface area contributed by atoms with Crippen molar-refractivity contribution in [3.05, 3.63) is 5.70 Å². The standard InChI is InChI=1S/C12H19NO3/c1-11(2,3)8-6-13(10(15)16)9(7-14)12(8,4)5/h8H,6H2,1-5H3,(H,15,16). The molecule has 1 aliphatic rings. The Morgan fingerprint density at radius 2 is 2.00 bits per heavy atom. The van der Waals surface area contributed by atoms with Gasteiger partial charge in [-0.3, -0.25) is 4.90 Å². The van der Waals surface area contributed by atoms with Crippen LogP contribution in [0.1, 0.15) is 34.6 Å². The molecule has 0 aliphatic carbocycles. The third-order valence-electron chi connectivity index (χ3n) is 3.49. The molecule has 0 saturated carbocycles. The van der Waals surface area contributed by atoms with Crippen molar-refractivity contribution < 1.29 is 14.7 Å². The molecule has 16 heavy (non-hydrogen) atoms. The van der Waals surface area contributed by atoms with Gasteiger partial charge in [0.15, 0.2) is 0 Å². The minimum Gasteiger partial charge on any atom is -0.465 e. The van der Waals surface area contributed by atoms with Crippen LogP contribution in [0.15, 0.2) is 5.70 Å². The van der Waals surface area contributed by atoms with Gasteiger partial charge in [-0.05, 0) is 11.3 Å². The molecular formula is C12H19NO3. The maximum absolute atomic E-state index is 11.1. The first-order chi connectivity index (χ1) is 7.12. The molecule has 1 rings (SSSR count). The van der Waals surface area contributed by atoms with Crippen molar-refractivity contribution >= 4 is 12.0 Å².